The summed E-state index contributed by atoms with van der Waals surface area (Å²) in [6, 6.07) is 3.93. The minimum absolute atomic E-state index is 0.446. The molecule has 0 aliphatic carbocycles. The molecule has 6 heteroatoms. The SMILES string of the molecule is N[C@H](CC(F)(F)F)c1cc(Br)ccc1Br. The highest BCUT2D eigenvalue weighted by atomic mass is 79.9. The van der Waals surface area contributed by atoms with Crippen molar-refractivity contribution in [3.8, 4) is 0 Å². The molecule has 1 nitrogen and oxygen atoms in total. The first-order valence-corrected chi connectivity index (χ1v) is 5.65. The molecule has 1 atom stereocenters. The fourth-order valence-electron chi connectivity index (χ4n) is 1.16. The van der Waals surface area contributed by atoms with Gasteiger partial charge in [0, 0.05) is 15.0 Å². The lowest BCUT2D eigenvalue weighted by Crippen LogP contribution is -2.20. The van der Waals surface area contributed by atoms with Gasteiger partial charge in [0.1, 0.15) is 0 Å². The lowest BCUT2D eigenvalue weighted by Gasteiger charge is -2.16. The Morgan fingerprint density at radius 1 is 1.27 bits per heavy atom. The van der Waals surface area contributed by atoms with E-state index in [4.69, 9.17) is 5.73 Å². The van der Waals surface area contributed by atoms with Crippen molar-refractivity contribution in [2.24, 2.45) is 5.73 Å². The number of rotatable bonds is 2. The van der Waals surface area contributed by atoms with Gasteiger partial charge < -0.3 is 5.73 Å². The molecule has 0 aliphatic rings. The van der Waals surface area contributed by atoms with Crippen LogP contribution in [-0.4, -0.2) is 6.18 Å². The van der Waals surface area contributed by atoms with Crippen LogP contribution in [0, 0.1) is 0 Å². The van der Waals surface area contributed by atoms with Gasteiger partial charge in [-0.25, -0.2) is 0 Å². The van der Waals surface area contributed by atoms with E-state index in [2.05, 4.69) is 31.9 Å². The van der Waals surface area contributed by atoms with Gasteiger partial charge >= 0.3 is 6.18 Å². The van der Waals surface area contributed by atoms with Crippen LogP contribution in [0.1, 0.15) is 18.0 Å². The Balaban J connectivity index is 2.90. The predicted octanol–water partition coefficient (Wildman–Crippen LogP) is 4.16. The average molecular weight is 347 g/mol. The molecule has 0 heterocycles. The van der Waals surface area contributed by atoms with E-state index in [1.165, 1.54) is 0 Å². The second-order valence-corrected chi connectivity index (χ2v) is 4.86. The van der Waals surface area contributed by atoms with E-state index in [0.29, 0.717) is 14.5 Å². The molecule has 0 unspecified atom stereocenters. The maximum absolute atomic E-state index is 12.1. The molecule has 0 aliphatic heterocycles. The first kappa shape index (κ1) is 13.0. The molecule has 15 heavy (non-hydrogen) atoms. The van der Waals surface area contributed by atoms with Crippen molar-refractivity contribution in [2.45, 2.75) is 18.6 Å². The lowest BCUT2D eigenvalue weighted by molar-refractivity contribution is -0.138. The van der Waals surface area contributed by atoms with Crippen LogP contribution in [0.25, 0.3) is 0 Å². The molecule has 0 amide bonds. The van der Waals surface area contributed by atoms with E-state index in [1.807, 2.05) is 0 Å². The topological polar surface area (TPSA) is 26.0 Å². The Morgan fingerprint density at radius 3 is 2.40 bits per heavy atom. The van der Waals surface area contributed by atoms with Crippen molar-refractivity contribution >= 4 is 31.9 Å². The zero-order valence-corrected chi connectivity index (χ0v) is 10.7. The standard InChI is InChI=1S/C9H8Br2F3N/c10-5-1-2-7(11)6(3-5)8(15)4-9(12,13)14/h1-3,8H,4,15H2/t8-/m1/s1. The molecule has 0 radical (unpaired) electrons. The van der Waals surface area contributed by atoms with E-state index in [9.17, 15) is 13.2 Å². The summed E-state index contributed by atoms with van der Waals surface area (Å²) in [4.78, 5) is 0. The summed E-state index contributed by atoms with van der Waals surface area (Å²) in [5, 5.41) is 0. The van der Waals surface area contributed by atoms with Gasteiger partial charge in [-0.3, -0.25) is 0 Å². The second-order valence-electron chi connectivity index (χ2n) is 3.09. The Hall–Kier alpha value is -0.0700. The van der Waals surface area contributed by atoms with Gasteiger partial charge in [-0.2, -0.15) is 13.2 Å². The third kappa shape index (κ3) is 4.12. The zero-order valence-electron chi connectivity index (χ0n) is 7.48. The van der Waals surface area contributed by atoms with Gasteiger partial charge in [-0.15, -0.1) is 0 Å². The number of alkyl halides is 3. The summed E-state index contributed by atoms with van der Waals surface area (Å²) in [6.45, 7) is 0. The fourth-order valence-corrected chi connectivity index (χ4v) is 2.08. The molecule has 1 aromatic rings. The molecular formula is C9H8Br2F3N. The van der Waals surface area contributed by atoms with Crippen LogP contribution in [0.2, 0.25) is 0 Å². The summed E-state index contributed by atoms with van der Waals surface area (Å²) < 4.78 is 37.6. The van der Waals surface area contributed by atoms with Gasteiger partial charge in [0.25, 0.3) is 0 Å². The third-order valence-electron chi connectivity index (χ3n) is 1.81. The van der Waals surface area contributed by atoms with E-state index in [1.54, 1.807) is 18.2 Å². The van der Waals surface area contributed by atoms with Crippen LogP contribution < -0.4 is 5.73 Å². The van der Waals surface area contributed by atoms with Crippen molar-refractivity contribution in [3.63, 3.8) is 0 Å². The highest BCUT2D eigenvalue weighted by Crippen LogP contribution is 2.32. The largest absolute Gasteiger partial charge is 0.390 e. The van der Waals surface area contributed by atoms with Gasteiger partial charge in [0.2, 0.25) is 0 Å². The van der Waals surface area contributed by atoms with Gasteiger partial charge in [0.05, 0.1) is 6.42 Å². The quantitative estimate of drug-likeness (QED) is 0.854. The summed E-state index contributed by atoms with van der Waals surface area (Å²) in [5.41, 5.74) is 5.93. The molecule has 0 aromatic heterocycles. The number of hydrogen-bond donors (Lipinski definition) is 1. The summed E-state index contributed by atoms with van der Waals surface area (Å²) >= 11 is 6.36. The number of halogens is 5. The molecule has 0 fully saturated rings. The van der Waals surface area contributed by atoms with Crippen LogP contribution in [-0.2, 0) is 0 Å². The molecule has 1 aromatic carbocycles. The van der Waals surface area contributed by atoms with Crippen molar-refractivity contribution in [2.75, 3.05) is 0 Å². The second kappa shape index (κ2) is 4.84. The van der Waals surface area contributed by atoms with Crippen LogP contribution >= 0.6 is 31.9 Å². The summed E-state index contributed by atoms with van der Waals surface area (Å²) in [6.07, 6.45) is -5.27. The van der Waals surface area contributed by atoms with E-state index in [-0.39, 0.29) is 0 Å². The third-order valence-corrected chi connectivity index (χ3v) is 3.02. The minimum atomic E-state index is -4.25. The van der Waals surface area contributed by atoms with Crippen molar-refractivity contribution in [1.29, 1.82) is 0 Å². The Bertz CT molecular complexity index is 352. The van der Waals surface area contributed by atoms with E-state index in [0.717, 1.165) is 0 Å². The average Bonchev–Trinajstić information content (AvgIpc) is 2.06. The maximum Gasteiger partial charge on any atom is 0.390 e. The highest BCUT2D eigenvalue weighted by Gasteiger charge is 2.31. The number of hydrogen-bond acceptors (Lipinski definition) is 1. The minimum Gasteiger partial charge on any atom is -0.324 e. The van der Waals surface area contributed by atoms with Crippen LogP contribution in [0.5, 0.6) is 0 Å². The zero-order chi connectivity index (χ0) is 11.6. The molecule has 0 bridgehead atoms. The van der Waals surface area contributed by atoms with E-state index < -0.39 is 18.6 Å². The number of benzene rings is 1. The summed E-state index contributed by atoms with van der Waals surface area (Å²) in [5.74, 6) is 0. The molecule has 1 rings (SSSR count). The van der Waals surface area contributed by atoms with Gasteiger partial charge in [-0.1, -0.05) is 31.9 Å². The molecule has 84 valence electrons. The van der Waals surface area contributed by atoms with Crippen molar-refractivity contribution < 1.29 is 13.2 Å². The van der Waals surface area contributed by atoms with E-state index >= 15 is 0 Å². The molecular weight excluding hydrogens is 339 g/mol. The smallest absolute Gasteiger partial charge is 0.324 e. The van der Waals surface area contributed by atoms with Crippen LogP contribution in [0.3, 0.4) is 0 Å². The monoisotopic (exact) mass is 345 g/mol. The van der Waals surface area contributed by atoms with Gasteiger partial charge in [-0.05, 0) is 23.8 Å². The molecule has 0 saturated carbocycles. The normalized spacial score (nSPS) is 14.0. The maximum atomic E-state index is 12.1. The lowest BCUT2D eigenvalue weighted by atomic mass is 10.0. The first-order chi connectivity index (χ1) is 6.79. The summed E-state index contributed by atoms with van der Waals surface area (Å²) in [7, 11) is 0. The first-order valence-electron chi connectivity index (χ1n) is 4.07. The Labute approximate surface area is 102 Å². The predicted molar refractivity (Wildman–Crippen MR) is 59.4 cm³/mol. The van der Waals surface area contributed by atoms with Crippen LogP contribution in [0.4, 0.5) is 13.2 Å². The molecule has 0 spiro atoms. The number of nitrogens with two attached hydrogens (primary N) is 1. The van der Waals surface area contributed by atoms with Crippen LogP contribution in [0.15, 0.2) is 27.1 Å². The fraction of sp³-hybridized carbons (Fsp3) is 0.333. The van der Waals surface area contributed by atoms with Gasteiger partial charge in [0.15, 0.2) is 0 Å². The molecule has 0 saturated heterocycles. The Morgan fingerprint density at radius 2 is 1.87 bits per heavy atom. The highest BCUT2D eigenvalue weighted by molar-refractivity contribution is 9.11. The van der Waals surface area contributed by atoms with Crippen molar-refractivity contribution in [1.82, 2.24) is 0 Å². The Kier molecular flexibility index (Phi) is 4.20. The molecule has 2 N–H and O–H groups in total. The van der Waals surface area contributed by atoms with Crippen molar-refractivity contribution in [3.05, 3.63) is 32.7 Å².